The summed E-state index contributed by atoms with van der Waals surface area (Å²) in [5.74, 6) is 1.22. The summed E-state index contributed by atoms with van der Waals surface area (Å²) in [5.41, 5.74) is 5.66. The Morgan fingerprint density at radius 1 is 0.926 bits per heavy atom. The number of nitrogens with one attached hydrogen (secondary N) is 1. The molecule has 6 heteroatoms. The lowest BCUT2D eigenvalue weighted by molar-refractivity contribution is 0.473. The number of nitrogens with zero attached hydrogens (tertiary/aromatic N) is 3. The highest BCUT2D eigenvalue weighted by Crippen LogP contribution is 2.38. The van der Waals surface area contributed by atoms with Crippen molar-refractivity contribution in [3.63, 3.8) is 0 Å². The monoisotopic (exact) mass is 356 g/mol. The van der Waals surface area contributed by atoms with E-state index in [1.807, 2.05) is 50.4 Å². The number of ether oxygens (including phenoxy) is 1. The third-order valence-corrected chi connectivity index (χ3v) is 4.73. The second-order valence-electron chi connectivity index (χ2n) is 6.35. The van der Waals surface area contributed by atoms with E-state index in [1.165, 1.54) is 0 Å². The average Bonchev–Trinajstić information content (AvgIpc) is 3.33. The van der Waals surface area contributed by atoms with Gasteiger partial charge in [0, 0.05) is 34.7 Å². The van der Waals surface area contributed by atoms with Crippen LogP contribution in [-0.2, 0) is 0 Å². The molecule has 4 aromatic heterocycles. The number of H-pyrrole nitrogens is 1. The summed E-state index contributed by atoms with van der Waals surface area (Å²) in [4.78, 5) is 16.3. The van der Waals surface area contributed by atoms with Crippen molar-refractivity contribution in [3.8, 4) is 22.8 Å². The Hall–Kier alpha value is -3.67. The van der Waals surface area contributed by atoms with E-state index in [2.05, 4.69) is 19.9 Å². The first-order valence-corrected chi connectivity index (χ1v) is 8.61. The molecule has 27 heavy (non-hydrogen) atoms. The van der Waals surface area contributed by atoms with Gasteiger partial charge in [0.05, 0.1) is 17.2 Å². The lowest BCUT2D eigenvalue weighted by Gasteiger charge is -2.12. The van der Waals surface area contributed by atoms with Gasteiger partial charge in [-0.05, 0) is 49.7 Å². The van der Waals surface area contributed by atoms with Crippen LogP contribution in [0.3, 0.4) is 0 Å². The maximum atomic E-state index is 6.14. The zero-order valence-electron chi connectivity index (χ0n) is 14.9. The Kier molecular flexibility index (Phi) is 3.43. The highest BCUT2D eigenvalue weighted by molar-refractivity contribution is 5.99. The Morgan fingerprint density at radius 3 is 2.63 bits per heavy atom. The van der Waals surface area contributed by atoms with E-state index in [0.717, 1.165) is 44.4 Å². The predicted molar refractivity (Wildman–Crippen MR) is 103 cm³/mol. The molecule has 0 saturated carbocycles. The maximum absolute atomic E-state index is 6.14. The summed E-state index contributed by atoms with van der Waals surface area (Å²) in [6.45, 7) is 3.99. The number of aromatic amines is 1. The molecular weight excluding hydrogens is 340 g/mol. The van der Waals surface area contributed by atoms with E-state index in [9.17, 15) is 0 Å². The van der Waals surface area contributed by atoms with Crippen molar-refractivity contribution in [2.75, 3.05) is 0 Å². The molecule has 0 aliphatic carbocycles. The quantitative estimate of drug-likeness (QED) is 0.482. The molecule has 0 atom stereocenters. The average molecular weight is 356 g/mol. The fourth-order valence-corrected chi connectivity index (χ4v) is 3.47. The minimum Gasteiger partial charge on any atom is -0.464 e. The SMILES string of the molecule is Cc1ncnc(C)c1-c1ccc(Oc2nccc3occc23)c2[nH]ccc12. The third-order valence-electron chi connectivity index (χ3n) is 4.73. The molecule has 0 aliphatic heterocycles. The first-order valence-electron chi connectivity index (χ1n) is 8.61. The summed E-state index contributed by atoms with van der Waals surface area (Å²) in [6, 6.07) is 9.69. The van der Waals surface area contributed by atoms with Crippen molar-refractivity contribution >= 4 is 21.9 Å². The van der Waals surface area contributed by atoms with Gasteiger partial charge < -0.3 is 14.1 Å². The van der Waals surface area contributed by atoms with Gasteiger partial charge in [-0.15, -0.1) is 0 Å². The van der Waals surface area contributed by atoms with Crippen molar-refractivity contribution < 1.29 is 9.15 Å². The molecule has 4 heterocycles. The lowest BCUT2D eigenvalue weighted by atomic mass is 9.99. The zero-order valence-corrected chi connectivity index (χ0v) is 14.9. The van der Waals surface area contributed by atoms with Gasteiger partial charge in [0.2, 0.25) is 5.88 Å². The highest BCUT2D eigenvalue weighted by Gasteiger charge is 2.16. The molecule has 5 rings (SSSR count). The Morgan fingerprint density at radius 2 is 1.78 bits per heavy atom. The van der Waals surface area contributed by atoms with Crippen LogP contribution in [0.5, 0.6) is 11.6 Å². The molecule has 132 valence electrons. The number of rotatable bonds is 3. The van der Waals surface area contributed by atoms with Crippen molar-refractivity contribution in [1.82, 2.24) is 19.9 Å². The minimum atomic E-state index is 0.514. The van der Waals surface area contributed by atoms with Gasteiger partial charge in [-0.3, -0.25) is 0 Å². The van der Waals surface area contributed by atoms with Gasteiger partial charge >= 0.3 is 0 Å². The number of furan rings is 1. The molecule has 0 spiro atoms. The van der Waals surface area contributed by atoms with Crippen molar-refractivity contribution in [2.45, 2.75) is 13.8 Å². The van der Waals surface area contributed by atoms with Crippen LogP contribution >= 0.6 is 0 Å². The lowest BCUT2D eigenvalue weighted by Crippen LogP contribution is -1.96. The number of fused-ring (bicyclic) bond motifs is 2. The molecular formula is C21H16N4O2. The van der Waals surface area contributed by atoms with E-state index in [4.69, 9.17) is 9.15 Å². The number of pyridine rings is 1. The summed E-state index contributed by atoms with van der Waals surface area (Å²) in [7, 11) is 0. The Labute approximate surface area is 154 Å². The molecule has 1 aromatic carbocycles. The second-order valence-corrected chi connectivity index (χ2v) is 6.35. The highest BCUT2D eigenvalue weighted by atomic mass is 16.5. The molecule has 5 aromatic rings. The largest absolute Gasteiger partial charge is 0.464 e. The fraction of sp³-hybridized carbons (Fsp3) is 0.0952. The van der Waals surface area contributed by atoms with Gasteiger partial charge in [-0.2, -0.15) is 0 Å². The van der Waals surface area contributed by atoms with E-state index in [-0.39, 0.29) is 0 Å². The Balaban J connectivity index is 1.66. The molecule has 1 N–H and O–H groups in total. The van der Waals surface area contributed by atoms with Crippen LogP contribution in [0, 0.1) is 13.8 Å². The zero-order chi connectivity index (χ0) is 18.4. The summed E-state index contributed by atoms with van der Waals surface area (Å²) >= 11 is 0. The molecule has 0 unspecified atom stereocenters. The van der Waals surface area contributed by atoms with Crippen molar-refractivity contribution in [1.29, 1.82) is 0 Å². The molecule has 0 aliphatic rings. The molecule has 0 radical (unpaired) electrons. The van der Waals surface area contributed by atoms with Gasteiger partial charge in [0.15, 0.2) is 5.75 Å². The number of hydrogen-bond donors (Lipinski definition) is 1. The normalized spacial score (nSPS) is 11.3. The summed E-state index contributed by atoms with van der Waals surface area (Å²) in [5, 5.41) is 1.89. The smallest absolute Gasteiger partial charge is 0.230 e. The minimum absolute atomic E-state index is 0.514. The van der Waals surface area contributed by atoms with Crippen LogP contribution in [0.2, 0.25) is 0 Å². The predicted octanol–water partition coefficient (Wildman–Crippen LogP) is 5.18. The number of aryl methyl sites for hydroxylation is 2. The number of benzene rings is 1. The summed E-state index contributed by atoms with van der Waals surface area (Å²) < 4.78 is 11.6. The van der Waals surface area contributed by atoms with Gasteiger partial charge in [-0.1, -0.05) is 0 Å². The molecule has 0 saturated heterocycles. The molecule has 0 bridgehead atoms. The van der Waals surface area contributed by atoms with Gasteiger partial charge in [0.1, 0.15) is 11.9 Å². The van der Waals surface area contributed by atoms with E-state index < -0.39 is 0 Å². The van der Waals surface area contributed by atoms with E-state index in [0.29, 0.717) is 11.6 Å². The van der Waals surface area contributed by atoms with Crippen LogP contribution in [-0.4, -0.2) is 19.9 Å². The van der Waals surface area contributed by atoms with E-state index in [1.54, 1.807) is 18.8 Å². The van der Waals surface area contributed by atoms with Crippen LogP contribution < -0.4 is 4.74 Å². The van der Waals surface area contributed by atoms with Crippen LogP contribution in [0.25, 0.3) is 33.0 Å². The number of aromatic nitrogens is 4. The van der Waals surface area contributed by atoms with Crippen LogP contribution in [0.15, 0.2) is 59.7 Å². The Bertz CT molecular complexity index is 1270. The van der Waals surface area contributed by atoms with Gasteiger partial charge in [0.25, 0.3) is 0 Å². The molecule has 0 amide bonds. The fourth-order valence-electron chi connectivity index (χ4n) is 3.47. The topological polar surface area (TPSA) is 76.8 Å². The standard InChI is InChI=1S/C21H16N4O2/c1-12-19(13(2)25-11-24-12)14-3-4-18(20-15(14)5-8-22-20)27-21-16-7-10-26-17(16)6-9-23-21/h3-11,22H,1-2H3. The van der Waals surface area contributed by atoms with Crippen LogP contribution in [0.1, 0.15) is 11.4 Å². The number of hydrogen-bond acceptors (Lipinski definition) is 5. The van der Waals surface area contributed by atoms with Crippen molar-refractivity contribution in [2.24, 2.45) is 0 Å². The molecule has 6 nitrogen and oxygen atoms in total. The maximum Gasteiger partial charge on any atom is 0.230 e. The third kappa shape index (κ3) is 2.45. The summed E-state index contributed by atoms with van der Waals surface area (Å²) in [6.07, 6.45) is 6.81. The van der Waals surface area contributed by atoms with Crippen molar-refractivity contribution in [3.05, 3.63) is 66.7 Å². The first kappa shape index (κ1) is 15.6. The second kappa shape index (κ2) is 5.95. The van der Waals surface area contributed by atoms with Crippen LogP contribution in [0.4, 0.5) is 0 Å². The van der Waals surface area contributed by atoms with E-state index >= 15 is 0 Å². The first-order chi connectivity index (χ1) is 13.2. The molecule has 0 fully saturated rings. The van der Waals surface area contributed by atoms with Gasteiger partial charge in [-0.25, -0.2) is 15.0 Å².